The van der Waals surface area contributed by atoms with E-state index in [1.54, 1.807) is 18.3 Å². The lowest BCUT2D eigenvalue weighted by Gasteiger charge is -2.33. The van der Waals surface area contributed by atoms with Gasteiger partial charge in [-0.15, -0.1) is 0 Å². The molecule has 1 unspecified atom stereocenters. The third-order valence-corrected chi connectivity index (χ3v) is 5.41. The zero-order valence-electron chi connectivity index (χ0n) is 16.4. The maximum absolute atomic E-state index is 12.7. The molecular formula is C20H28N4O4. The Kier molecular flexibility index (Phi) is 6.16. The number of hydrogen-bond acceptors (Lipinski definition) is 5. The average Bonchev–Trinajstić information content (AvgIpc) is 2.94. The van der Waals surface area contributed by atoms with Crippen LogP contribution in [0.1, 0.15) is 62.7 Å². The van der Waals surface area contributed by atoms with Crippen molar-refractivity contribution in [3.63, 3.8) is 0 Å². The molecule has 1 saturated carbocycles. The van der Waals surface area contributed by atoms with Crippen LogP contribution in [0, 0.1) is 5.92 Å². The van der Waals surface area contributed by atoms with E-state index >= 15 is 0 Å². The number of nitrogens with one attached hydrogen (secondary N) is 1. The molecule has 0 bridgehead atoms. The van der Waals surface area contributed by atoms with E-state index in [-0.39, 0.29) is 35.5 Å². The third-order valence-electron chi connectivity index (χ3n) is 5.41. The number of rotatable bonds is 7. The largest absolute Gasteiger partial charge is 0.474 e. The molecule has 1 aromatic heterocycles. The number of carbonyl (C=O) groups is 3. The van der Waals surface area contributed by atoms with Crippen LogP contribution in [0.25, 0.3) is 0 Å². The predicted octanol–water partition coefficient (Wildman–Crippen LogP) is 2.23. The van der Waals surface area contributed by atoms with Gasteiger partial charge in [-0.05, 0) is 56.6 Å². The number of hydrogen-bond donors (Lipinski definition) is 2. The lowest BCUT2D eigenvalue weighted by Crippen LogP contribution is -2.44. The van der Waals surface area contributed by atoms with Gasteiger partial charge >= 0.3 is 6.03 Å². The minimum atomic E-state index is -0.580. The highest BCUT2D eigenvalue weighted by Crippen LogP contribution is 2.29. The van der Waals surface area contributed by atoms with E-state index in [0.29, 0.717) is 38.0 Å². The Labute approximate surface area is 164 Å². The Morgan fingerprint density at radius 1 is 1.32 bits per heavy atom. The molecule has 3 rings (SSSR count). The molecule has 2 fully saturated rings. The minimum absolute atomic E-state index is 0.115. The Hall–Kier alpha value is -2.64. The molecule has 1 aliphatic heterocycles. The number of imide groups is 1. The van der Waals surface area contributed by atoms with Gasteiger partial charge in [0.05, 0.1) is 0 Å². The molecule has 1 saturated heterocycles. The molecular weight excluding hydrogens is 360 g/mol. The second kappa shape index (κ2) is 8.58. The van der Waals surface area contributed by atoms with Crippen LogP contribution in [0.4, 0.5) is 4.79 Å². The van der Waals surface area contributed by atoms with Crippen molar-refractivity contribution in [1.82, 2.24) is 15.2 Å². The Balaban J connectivity index is 1.56. The van der Waals surface area contributed by atoms with E-state index in [9.17, 15) is 14.4 Å². The van der Waals surface area contributed by atoms with E-state index < -0.39 is 11.9 Å². The van der Waals surface area contributed by atoms with Crippen LogP contribution < -0.4 is 15.8 Å². The van der Waals surface area contributed by atoms with E-state index in [2.05, 4.69) is 24.1 Å². The van der Waals surface area contributed by atoms with Crippen molar-refractivity contribution in [2.75, 3.05) is 0 Å². The number of nitrogens with zero attached hydrogens (tertiary/aromatic N) is 2. The van der Waals surface area contributed by atoms with Crippen LogP contribution in [-0.4, -0.2) is 45.9 Å². The Morgan fingerprint density at radius 3 is 2.68 bits per heavy atom. The van der Waals surface area contributed by atoms with E-state index in [0.717, 1.165) is 6.42 Å². The fourth-order valence-corrected chi connectivity index (χ4v) is 3.84. The number of amides is 4. The van der Waals surface area contributed by atoms with Crippen molar-refractivity contribution >= 4 is 17.8 Å². The molecule has 3 N–H and O–H groups in total. The summed E-state index contributed by atoms with van der Waals surface area (Å²) in [6.45, 7) is 4.21. The van der Waals surface area contributed by atoms with Crippen LogP contribution in [-0.2, 0) is 4.79 Å². The molecule has 1 aliphatic carbocycles. The number of primary amides is 1. The van der Waals surface area contributed by atoms with Crippen molar-refractivity contribution in [3.8, 4) is 5.88 Å². The number of carbonyl (C=O) groups excluding carboxylic acids is 3. The Bertz CT molecular complexity index is 743. The molecule has 152 valence electrons. The quantitative estimate of drug-likeness (QED) is 0.695. The molecule has 1 atom stereocenters. The molecule has 8 heteroatoms. The van der Waals surface area contributed by atoms with Gasteiger partial charge in [0.1, 0.15) is 17.7 Å². The molecule has 28 heavy (non-hydrogen) atoms. The van der Waals surface area contributed by atoms with Gasteiger partial charge in [-0.3, -0.25) is 14.5 Å². The van der Waals surface area contributed by atoms with Crippen LogP contribution >= 0.6 is 0 Å². The molecule has 0 aromatic carbocycles. The fraction of sp³-hybridized carbons (Fsp3) is 0.600. The second-order valence-electron chi connectivity index (χ2n) is 7.95. The molecule has 1 aromatic rings. The van der Waals surface area contributed by atoms with Gasteiger partial charge in [-0.1, -0.05) is 13.8 Å². The molecule has 8 nitrogen and oxygen atoms in total. The smallest absolute Gasteiger partial charge is 0.325 e. The van der Waals surface area contributed by atoms with E-state index in [1.165, 1.54) is 4.90 Å². The molecule has 2 aliphatic rings. The maximum Gasteiger partial charge on any atom is 0.325 e. The van der Waals surface area contributed by atoms with Gasteiger partial charge < -0.3 is 15.8 Å². The number of pyridine rings is 1. The van der Waals surface area contributed by atoms with Crippen molar-refractivity contribution in [3.05, 3.63) is 23.9 Å². The number of ether oxygens (including phenoxy) is 1. The molecule has 2 heterocycles. The average molecular weight is 388 g/mol. The van der Waals surface area contributed by atoms with Gasteiger partial charge in [0.15, 0.2) is 0 Å². The SMILES string of the molecule is CC(C)CCC1NC(=O)N([C@H]2CC[C@H](Oc3ncccc3C(N)=O)CC2)C1=O. The summed E-state index contributed by atoms with van der Waals surface area (Å²) in [5, 5.41) is 2.82. The van der Waals surface area contributed by atoms with Crippen molar-refractivity contribution in [2.24, 2.45) is 11.7 Å². The second-order valence-corrected chi connectivity index (χ2v) is 7.95. The summed E-state index contributed by atoms with van der Waals surface area (Å²) >= 11 is 0. The van der Waals surface area contributed by atoms with Crippen LogP contribution in [0.15, 0.2) is 18.3 Å². The summed E-state index contributed by atoms with van der Waals surface area (Å²) in [5.74, 6) is 0.0322. The lowest BCUT2D eigenvalue weighted by molar-refractivity contribution is -0.130. The highest BCUT2D eigenvalue weighted by Gasteiger charge is 2.42. The summed E-state index contributed by atoms with van der Waals surface area (Å²) in [6, 6.07) is 2.41. The van der Waals surface area contributed by atoms with Crippen molar-refractivity contribution < 1.29 is 19.1 Å². The van der Waals surface area contributed by atoms with E-state index in [1.807, 2.05) is 0 Å². The summed E-state index contributed by atoms with van der Waals surface area (Å²) < 4.78 is 5.88. The van der Waals surface area contributed by atoms with Gasteiger partial charge in [0, 0.05) is 12.2 Å². The number of aromatic nitrogens is 1. The number of nitrogens with two attached hydrogens (primary N) is 1. The van der Waals surface area contributed by atoms with Crippen LogP contribution in [0.2, 0.25) is 0 Å². The topological polar surface area (TPSA) is 115 Å². The number of urea groups is 1. The normalized spacial score (nSPS) is 25.1. The summed E-state index contributed by atoms with van der Waals surface area (Å²) in [4.78, 5) is 42.0. The Morgan fingerprint density at radius 2 is 2.04 bits per heavy atom. The molecule has 4 amide bonds. The third kappa shape index (κ3) is 4.43. The highest BCUT2D eigenvalue weighted by atomic mass is 16.5. The zero-order chi connectivity index (χ0) is 20.3. The first kappa shape index (κ1) is 20.1. The van der Waals surface area contributed by atoms with Crippen molar-refractivity contribution in [1.29, 1.82) is 0 Å². The summed E-state index contributed by atoms with van der Waals surface area (Å²) in [5.41, 5.74) is 5.62. The first-order chi connectivity index (χ1) is 13.4. The van der Waals surface area contributed by atoms with Crippen molar-refractivity contribution in [2.45, 2.75) is 70.6 Å². The standard InChI is InChI=1S/C20H28N4O4/c1-12(2)5-10-16-19(26)24(20(27)23-16)13-6-8-14(9-7-13)28-18-15(17(21)25)4-3-11-22-18/h3-4,11-14,16H,5-10H2,1-2H3,(H2,21,25)(H,23,27)/t13-,14-,16?. The molecule has 0 spiro atoms. The zero-order valence-corrected chi connectivity index (χ0v) is 16.4. The van der Waals surface area contributed by atoms with Crippen LogP contribution in [0.3, 0.4) is 0 Å². The van der Waals surface area contributed by atoms with Gasteiger partial charge in [0.25, 0.3) is 11.8 Å². The van der Waals surface area contributed by atoms with Gasteiger partial charge in [-0.2, -0.15) is 0 Å². The summed E-state index contributed by atoms with van der Waals surface area (Å²) in [7, 11) is 0. The summed E-state index contributed by atoms with van der Waals surface area (Å²) in [6.07, 6.45) is 5.68. The van der Waals surface area contributed by atoms with E-state index in [4.69, 9.17) is 10.5 Å². The highest BCUT2D eigenvalue weighted by molar-refractivity contribution is 6.04. The van der Waals surface area contributed by atoms with Crippen LogP contribution in [0.5, 0.6) is 5.88 Å². The molecule has 0 radical (unpaired) electrons. The first-order valence-electron chi connectivity index (χ1n) is 9.91. The monoisotopic (exact) mass is 388 g/mol. The lowest BCUT2D eigenvalue weighted by atomic mass is 9.91. The van der Waals surface area contributed by atoms with Gasteiger partial charge in [-0.25, -0.2) is 9.78 Å². The minimum Gasteiger partial charge on any atom is -0.474 e. The first-order valence-corrected chi connectivity index (χ1v) is 9.91. The predicted molar refractivity (Wildman–Crippen MR) is 103 cm³/mol. The maximum atomic E-state index is 12.7. The fourth-order valence-electron chi connectivity index (χ4n) is 3.84. The van der Waals surface area contributed by atoms with Gasteiger partial charge in [0.2, 0.25) is 5.88 Å².